The molecule has 2 saturated heterocycles. The Hall–Kier alpha value is -2.36. The average Bonchev–Trinajstić information content (AvgIpc) is 3.57. The Balaban J connectivity index is 1.49. The molecule has 5 atom stereocenters. The minimum absolute atomic E-state index is 0.0708. The van der Waals surface area contributed by atoms with Crippen LogP contribution in [0.25, 0.3) is 21.5 Å². The number of rotatable bonds is 11. The molecule has 1 aromatic carbocycles. The van der Waals surface area contributed by atoms with Crippen LogP contribution >= 0.6 is 11.6 Å². The Morgan fingerprint density at radius 3 is 2.33 bits per heavy atom. The van der Waals surface area contributed by atoms with Gasteiger partial charge in [0, 0.05) is 10.3 Å². The van der Waals surface area contributed by atoms with Crippen LogP contribution in [0, 0.1) is 5.82 Å². The lowest BCUT2D eigenvalue weighted by Gasteiger charge is -2.51. The highest BCUT2D eigenvalue weighted by molar-refractivity contribution is 6.84. The van der Waals surface area contributed by atoms with Crippen molar-refractivity contribution in [3.63, 3.8) is 0 Å². The topological polar surface area (TPSA) is 116 Å². The number of fused-ring (bicyclic) bond motifs is 2. The Bertz CT molecular complexity index is 1620. The molecule has 0 saturated carbocycles. The van der Waals surface area contributed by atoms with E-state index in [0.29, 0.717) is 17.2 Å². The van der Waals surface area contributed by atoms with Gasteiger partial charge in [-0.3, -0.25) is 0 Å². The molecule has 0 bridgehead atoms. The quantitative estimate of drug-likeness (QED) is 0.0641. The number of pyridine rings is 1. The molecule has 2 aliphatic rings. The van der Waals surface area contributed by atoms with Crippen molar-refractivity contribution >= 4 is 39.8 Å². The molecule has 0 aliphatic carbocycles. The van der Waals surface area contributed by atoms with E-state index in [0.717, 1.165) is 29.4 Å². The molecule has 2 fully saturated rings. The molecule has 0 radical (unpaired) electrons. The molecule has 48 heavy (non-hydrogen) atoms. The maximum absolute atomic E-state index is 14.4. The first-order valence-electron chi connectivity index (χ1n) is 17.2. The van der Waals surface area contributed by atoms with Gasteiger partial charge in [0.2, 0.25) is 0 Å². The highest BCUT2D eigenvalue weighted by atomic mass is 35.5. The Morgan fingerprint density at radius 1 is 1.04 bits per heavy atom. The number of nitrogens with zero attached hydrogens (tertiary/aromatic N) is 6. The van der Waals surface area contributed by atoms with Crippen molar-refractivity contribution in [3.8, 4) is 0 Å². The number of hydrogen-bond acceptors (Lipinski definition) is 7. The van der Waals surface area contributed by atoms with Crippen molar-refractivity contribution in [3.05, 3.63) is 69.1 Å². The number of ether oxygens (including phenoxy) is 1. The molecule has 2 unspecified atom stereocenters. The second-order valence-electron chi connectivity index (χ2n) is 14.6. The summed E-state index contributed by atoms with van der Waals surface area (Å²) >= 11 is 6.60. The highest BCUT2D eigenvalue weighted by Gasteiger charge is 2.62. The van der Waals surface area contributed by atoms with Gasteiger partial charge >= 0.3 is 17.1 Å². The summed E-state index contributed by atoms with van der Waals surface area (Å²) in [5.41, 5.74) is 12.6. The summed E-state index contributed by atoms with van der Waals surface area (Å²) in [4.78, 5) is 7.91. The standard InChI is InChI=1S/C34H50ClFN6O4Si2/c1-20(2)47(21(3)4)43-19-29-32(45-48(46-47,22(5)6)23(7)8)31(40-41-37)34(44-29)42-33-27(18-38-42)25(17-30(35)39-33)14-12-13-24(9)26-15-10-11-16-28(26)36/h10-11,15-18,20-24,29,31-32,34H,12-14,19H2,1-9H3/t24-,29-,31?,32?,34-/m1/s1. The van der Waals surface area contributed by atoms with E-state index in [1.54, 1.807) is 16.9 Å². The second-order valence-corrected chi connectivity index (χ2v) is 23.8. The smallest absolute Gasteiger partial charge is 0.335 e. The largest absolute Gasteiger partial charge is 0.414 e. The van der Waals surface area contributed by atoms with E-state index in [9.17, 15) is 9.92 Å². The van der Waals surface area contributed by atoms with Crippen LogP contribution in [0.5, 0.6) is 0 Å². The molecule has 0 N–H and O–H groups in total. The fourth-order valence-electron chi connectivity index (χ4n) is 7.59. The normalized spacial score (nSPS) is 24.6. The van der Waals surface area contributed by atoms with Crippen molar-refractivity contribution in [2.24, 2.45) is 5.11 Å². The molecular formula is C34H50ClFN6O4Si2. The van der Waals surface area contributed by atoms with E-state index in [1.807, 2.05) is 25.1 Å². The number of halogens is 2. The van der Waals surface area contributed by atoms with Gasteiger partial charge in [-0.05, 0) is 76.1 Å². The number of aromatic nitrogens is 3. The summed E-state index contributed by atoms with van der Waals surface area (Å²) < 4.78 is 44.2. The van der Waals surface area contributed by atoms with Gasteiger partial charge in [-0.15, -0.1) is 0 Å². The SMILES string of the molecule is CC(C)[Si]1(C(C)C)OC[C@H]2O[C@@H](n3ncc4c(CCC[C@@H](C)c5ccccc5F)cc(Cl)nc43)C(N=[N+]=[N-])C2O[Si](C(C)C)(C(C)C)O1. The van der Waals surface area contributed by atoms with Crippen molar-refractivity contribution in [1.29, 1.82) is 0 Å². The van der Waals surface area contributed by atoms with Crippen LogP contribution < -0.4 is 0 Å². The first-order chi connectivity index (χ1) is 22.8. The lowest BCUT2D eigenvalue weighted by molar-refractivity contribution is -0.0577. The van der Waals surface area contributed by atoms with Crippen LogP contribution in [0.4, 0.5) is 4.39 Å². The van der Waals surface area contributed by atoms with E-state index >= 15 is 0 Å². The molecule has 0 spiro atoms. The maximum Gasteiger partial charge on any atom is 0.335 e. The number of aryl methyl sites for hydroxylation is 1. The molecule has 5 rings (SSSR count). The molecule has 0 amide bonds. The summed E-state index contributed by atoms with van der Waals surface area (Å²) in [7, 11) is -5.79. The third kappa shape index (κ3) is 6.85. The molecule has 2 aromatic heterocycles. The molecule has 2 aliphatic heterocycles. The van der Waals surface area contributed by atoms with Crippen LogP contribution in [0.15, 0.2) is 41.6 Å². The average molecular weight is 717 g/mol. The van der Waals surface area contributed by atoms with Crippen LogP contribution in [0.2, 0.25) is 27.3 Å². The molecule has 10 nitrogen and oxygen atoms in total. The summed E-state index contributed by atoms with van der Waals surface area (Å²) in [5, 5.41) is 10.2. The molecular weight excluding hydrogens is 667 g/mol. The first kappa shape index (κ1) is 36.9. The van der Waals surface area contributed by atoms with Crippen molar-refractivity contribution in [1.82, 2.24) is 14.8 Å². The zero-order valence-corrected chi connectivity index (χ0v) is 32.3. The van der Waals surface area contributed by atoms with Crippen molar-refractivity contribution in [2.75, 3.05) is 6.61 Å². The van der Waals surface area contributed by atoms with Crippen molar-refractivity contribution in [2.45, 2.75) is 134 Å². The molecule has 262 valence electrons. The third-order valence-electron chi connectivity index (χ3n) is 10.2. The van der Waals surface area contributed by atoms with Gasteiger partial charge in [0.15, 0.2) is 11.9 Å². The van der Waals surface area contributed by atoms with E-state index in [4.69, 9.17) is 34.4 Å². The minimum atomic E-state index is -2.99. The van der Waals surface area contributed by atoms with Gasteiger partial charge in [-0.2, -0.15) is 5.10 Å². The summed E-state index contributed by atoms with van der Waals surface area (Å²) in [6, 6.07) is 8.04. The fourth-order valence-corrected chi connectivity index (χ4v) is 19.0. The van der Waals surface area contributed by atoms with E-state index < -0.39 is 41.6 Å². The van der Waals surface area contributed by atoms with Crippen molar-refractivity contribution < 1.29 is 22.1 Å². The van der Waals surface area contributed by atoms with E-state index in [-0.39, 0.29) is 40.5 Å². The van der Waals surface area contributed by atoms with Gasteiger partial charge in [-0.25, -0.2) is 14.1 Å². The Labute approximate surface area is 290 Å². The van der Waals surface area contributed by atoms with Gasteiger partial charge < -0.3 is 17.7 Å². The zero-order chi connectivity index (χ0) is 35.0. The summed E-state index contributed by atoms with van der Waals surface area (Å²) in [6.07, 6.45) is 2.19. The predicted octanol–water partition coefficient (Wildman–Crippen LogP) is 9.88. The van der Waals surface area contributed by atoms with Crippen LogP contribution in [0.1, 0.15) is 98.4 Å². The van der Waals surface area contributed by atoms with Gasteiger partial charge in [0.05, 0.1) is 18.9 Å². The van der Waals surface area contributed by atoms with Crippen LogP contribution in [-0.2, 0) is 24.1 Å². The summed E-state index contributed by atoms with van der Waals surface area (Å²) in [5.74, 6) is -0.107. The molecule has 3 aromatic rings. The number of azide groups is 1. The lowest BCUT2D eigenvalue weighted by atomic mass is 9.93. The predicted molar refractivity (Wildman–Crippen MR) is 191 cm³/mol. The highest BCUT2D eigenvalue weighted by Crippen LogP contribution is 2.49. The lowest BCUT2D eigenvalue weighted by Crippen LogP contribution is -2.65. The molecule has 4 heterocycles. The van der Waals surface area contributed by atoms with Crippen LogP contribution in [-0.4, -0.2) is 56.7 Å². The van der Waals surface area contributed by atoms with Gasteiger partial charge in [-0.1, -0.05) is 97.2 Å². The molecule has 14 heteroatoms. The van der Waals surface area contributed by atoms with E-state index in [2.05, 4.69) is 70.4 Å². The summed E-state index contributed by atoms with van der Waals surface area (Å²) in [6.45, 7) is 19.6. The number of hydrogen-bond donors (Lipinski definition) is 0. The van der Waals surface area contributed by atoms with E-state index in [1.165, 1.54) is 6.07 Å². The monoisotopic (exact) mass is 716 g/mol. The van der Waals surface area contributed by atoms with Gasteiger partial charge in [0.1, 0.15) is 23.1 Å². The fraction of sp³-hybridized carbons (Fsp3) is 0.647. The van der Waals surface area contributed by atoms with Crippen LogP contribution in [0.3, 0.4) is 0 Å². The van der Waals surface area contributed by atoms with Gasteiger partial charge in [0.25, 0.3) is 0 Å². The Morgan fingerprint density at radius 2 is 1.71 bits per heavy atom. The number of benzene rings is 1. The minimum Gasteiger partial charge on any atom is -0.414 e. The second kappa shape index (κ2) is 14.9. The zero-order valence-electron chi connectivity index (χ0n) is 29.6. The third-order valence-corrected chi connectivity index (χ3v) is 20.6. The maximum atomic E-state index is 14.4. The first-order valence-corrected chi connectivity index (χ1v) is 21.6. The Kier molecular flexibility index (Phi) is 11.4.